The number of H-pyrrole nitrogens is 1. The van der Waals surface area contributed by atoms with E-state index in [9.17, 15) is 22.8 Å². The average Bonchev–Trinajstić information content (AvgIpc) is 3.01. The summed E-state index contributed by atoms with van der Waals surface area (Å²) in [5.74, 6) is 0.580. The van der Waals surface area contributed by atoms with Gasteiger partial charge in [0, 0.05) is 69.7 Å². The smallest absolute Gasteiger partial charge is 0.416 e. The monoisotopic (exact) mass is 622 g/mol. The highest BCUT2D eigenvalue weighted by Gasteiger charge is 2.35. The number of fused-ring (bicyclic) bond motifs is 2. The fourth-order valence-electron chi connectivity index (χ4n) is 5.87. The Bertz CT molecular complexity index is 1770. The normalized spacial score (nSPS) is 17.7. The molecule has 0 radical (unpaired) electrons. The molecule has 0 aliphatic carbocycles. The number of aromatic nitrogens is 4. The van der Waals surface area contributed by atoms with Gasteiger partial charge < -0.3 is 24.8 Å². The van der Waals surface area contributed by atoms with Crippen molar-refractivity contribution in [3.8, 4) is 11.5 Å². The minimum absolute atomic E-state index is 0.0766. The lowest BCUT2D eigenvalue weighted by Crippen LogP contribution is -2.45. The molecule has 1 atom stereocenters. The van der Waals surface area contributed by atoms with Gasteiger partial charge in [-0.25, -0.2) is 14.8 Å². The molecule has 1 unspecified atom stereocenters. The molecule has 2 N–H and O–H groups in total. The minimum Gasteiger partial charge on any atom is -0.453 e. The minimum atomic E-state index is -4.56. The van der Waals surface area contributed by atoms with Gasteiger partial charge in [-0.15, -0.1) is 0 Å². The third-order valence-electron chi connectivity index (χ3n) is 8.23. The molecule has 236 valence electrons. The predicted molar refractivity (Wildman–Crippen MR) is 161 cm³/mol. The van der Waals surface area contributed by atoms with Crippen LogP contribution in [0, 0.1) is 0 Å². The molecule has 3 aromatic heterocycles. The highest BCUT2D eigenvalue weighted by Crippen LogP contribution is 2.36. The zero-order valence-electron chi connectivity index (χ0n) is 24.9. The molecule has 2 aliphatic heterocycles. The van der Waals surface area contributed by atoms with Crippen LogP contribution in [-0.2, 0) is 19.3 Å². The molecule has 4 aromatic rings. The van der Waals surface area contributed by atoms with E-state index >= 15 is 0 Å². The fraction of sp³-hybridized carbons (Fsp3) is 0.387. The van der Waals surface area contributed by atoms with Crippen molar-refractivity contribution < 1.29 is 22.7 Å². The van der Waals surface area contributed by atoms with Crippen LogP contribution in [0.3, 0.4) is 0 Å². The van der Waals surface area contributed by atoms with E-state index in [1.54, 1.807) is 18.3 Å². The second-order valence-electron chi connectivity index (χ2n) is 11.4. The van der Waals surface area contributed by atoms with Crippen molar-refractivity contribution in [1.82, 2.24) is 34.6 Å². The number of ether oxygens (including phenoxy) is 1. The maximum Gasteiger partial charge on any atom is 0.416 e. The number of urea groups is 1. The van der Waals surface area contributed by atoms with Crippen LogP contribution in [0.15, 0.2) is 53.7 Å². The highest BCUT2D eigenvalue weighted by atomic mass is 19.4. The lowest BCUT2D eigenvalue weighted by molar-refractivity contribution is -0.138. The van der Waals surface area contributed by atoms with E-state index in [4.69, 9.17) is 4.74 Å². The van der Waals surface area contributed by atoms with Crippen LogP contribution >= 0.6 is 0 Å². The first kappa shape index (κ1) is 30.5. The number of amides is 2. The van der Waals surface area contributed by atoms with Gasteiger partial charge in [0.25, 0.3) is 5.56 Å². The molecule has 0 spiro atoms. The number of pyridine rings is 2. The van der Waals surface area contributed by atoms with Crippen molar-refractivity contribution in [3.63, 3.8) is 0 Å². The fourth-order valence-corrected chi connectivity index (χ4v) is 5.87. The molecule has 0 bridgehead atoms. The van der Waals surface area contributed by atoms with Gasteiger partial charge in [0.2, 0.25) is 0 Å². The van der Waals surface area contributed by atoms with Gasteiger partial charge in [0.1, 0.15) is 11.3 Å². The molecule has 14 heteroatoms. The third kappa shape index (κ3) is 6.76. The van der Waals surface area contributed by atoms with Crippen LogP contribution in [-0.4, -0.2) is 79.9 Å². The van der Waals surface area contributed by atoms with Crippen LogP contribution in [0.1, 0.15) is 42.1 Å². The number of aromatic amines is 1. The Balaban J connectivity index is 1.17. The Morgan fingerprint density at radius 1 is 1.07 bits per heavy atom. The molecule has 1 saturated heterocycles. The van der Waals surface area contributed by atoms with Crippen molar-refractivity contribution in [3.05, 3.63) is 81.7 Å². The van der Waals surface area contributed by atoms with Crippen LogP contribution in [0.25, 0.3) is 11.2 Å². The summed E-state index contributed by atoms with van der Waals surface area (Å²) in [6, 6.07) is 6.84. The van der Waals surface area contributed by atoms with Crippen molar-refractivity contribution in [1.29, 1.82) is 0 Å². The number of hydrogen-bond donors (Lipinski definition) is 2. The molecule has 1 fully saturated rings. The second-order valence-corrected chi connectivity index (χ2v) is 11.4. The molecule has 5 heterocycles. The summed E-state index contributed by atoms with van der Waals surface area (Å²) >= 11 is 0. The topological polar surface area (TPSA) is 120 Å². The number of rotatable bonds is 6. The lowest BCUT2D eigenvalue weighted by atomic mass is 9.96. The summed E-state index contributed by atoms with van der Waals surface area (Å²) in [6.45, 7) is 8.69. The molecule has 2 aliphatic rings. The molecular weight excluding hydrogens is 589 g/mol. The van der Waals surface area contributed by atoms with E-state index in [-0.39, 0.29) is 30.3 Å². The van der Waals surface area contributed by atoms with Crippen LogP contribution in [0.5, 0.6) is 11.5 Å². The Hall–Kier alpha value is -4.56. The summed E-state index contributed by atoms with van der Waals surface area (Å²) in [7, 11) is 0. The van der Waals surface area contributed by atoms with Gasteiger partial charge in [-0.1, -0.05) is 19.9 Å². The number of benzene rings is 1. The zero-order valence-corrected chi connectivity index (χ0v) is 24.9. The Morgan fingerprint density at radius 3 is 2.60 bits per heavy atom. The second kappa shape index (κ2) is 12.4. The van der Waals surface area contributed by atoms with E-state index in [0.29, 0.717) is 42.3 Å². The first-order chi connectivity index (χ1) is 21.6. The van der Waals surface area contributed by atoms with E-state index in [2.05, 4.69) is 37.1 Å². The number of carbonyl (C=O) groups excluding carboxylic acids is 1. The molecular formula is C31H33F3N8O3. The third-order valence-corrected chi connectivity index (χ3v) is 8.23. The molecule has 1 aromatic carbocycles. The summed E-state index contributed by atoms with van der Waals surface area (Å²) in [6.07, 6.45) is -0.359. The lowest BCUT2D eigenvalue weighted by Gasteiger charge is -2.34. The first-order valence-electron chi connectivity index (χ1n) is 14.8. The van der Waals surface area contributed by atoms with Crippen LogP contribution < -0.4 is 15.6 Å². The Kier molecular flexibility index (Phi) is 8.42. The predicted octanol–water partition coefficient (Wildman–Crippen LogP) is 4.81. The number of halogens is 3. The van der Waals surface area contributed by atoms with E-state index in [1.807, 2.05) is 11.8 Å². The highest BCUT2D eigenvalue weighted by molar-refractivity contribution is 5.89. The standard InChI is InChI=1S/C31H33F3N8O3/c1-3-40-8-10-41(11-9-40)17-20-4-5-22(13-24(20)31(32,33)34)38-30(44)42-16-19(2)27-21(18-42)12-23(14-36-27)45-25-6-7-35-29-28(25)39-26(43)15-37-29/h4-7,12-15,19H,3,8-11,16-18H2,1-2H3,(H,38,44)(H,39,43). The summed E-state index contributed by atoms with van der Waals surface area (Å²) in [4.78, 5) is 46.3. The number of nitrogens with one attached hydrogen (secondary N) is 2. The van der Waals surface area contributed by atoms with Gasteiger partial charge >= 0.3 is 12.2 Å². The van der Waals surface area contributed by atoms with Crippen molar-refractivity contribution >= 4 is 22.9 Å². The van der Waals surface area contributed by atoms with E-state index in [0.717, 1.165) is 43.2 Å². The number of likely N-dealkylation sites (N-methyl/N-ethyl adjacent to an activating group) is 1. The van der Waals surface area contributed by atoms with Crippen molar-refractivity contribution in [2.24, 2.45) is 0 Å². The molecule has 6 rings (SSSR count). The number of alkyl halides is 3. The number of nitrogens with zero attached hydrogens (tertiary/aromatic N) is 6. The van der Waals surface area contributed by atoms with Crippen molar-refractivity contribution in [2.45, 2.75) is 39.0 Å². The summed E-state index contributed by atoms with van der Waals surface area (Å²) in [5.41, 5.74) is 1.29. The quantitative estimate of drug-likeness (QED) is 0.315. The SMILES string of the molecule is CCN1CCN(Cc2ccc(NC(=O)N3Cc4cc(Oc5ccnc6ncc(=O)[nH]c56)cnc4C(C)C3)cc2C(F)(F)F)CC1. The number of piperazine rings is 1. The summed E-state index contributed by atoms with van der Waals surface area (Å²) < 4.78 is 48.4. The number of anilines is 1. The van der Waals surface area contributed by atoms with Gasteiger partial charge in [0.15, 0.2) is 11.4 Å². The molecule has 45 heavy (non-hydrogen) atoms. The van der Waals surface area contributed by atoms with Gasteiger partial charge in [0.05, 0.1) is 23.7 Å². The summed E-state index contributed by atoms with van der Waals surface area (Å²) in [5, 5.41) is 2.67. The number of hydrogen-bond acceptors (Lipinski definition) is 8. The largest absolute Gasteiger partial charge is 0.453 e. The maximum atomic E-state index is 14.1. The van der Waals surface area contributed by atoms with E-state index in [1.165, 1.54) is 23.2 Å². The van der Waals surface area contributed by atoms with E-state index < -0.39 is 23.3 Å². The molecule has 2 amide bonds. The van der Waals surface area contributed by atoms with Crippen LogP contribution in [0.2, 0.25) is 0 Å². The Morgan fingerprint density at radius 2 is 1.84 bits per heavy atom. The number of carbonyl (C=O) groups is 1. The molecule has 0 saturated carbocycles. The van der Waals surface area contributed by atoms with Gasteiger partial charge in [-0.05, 0) is 35.9 Å². The first-order valence-corrected chi connectivity index (χ1v) is 14.8. The Labute approximate surface area is 257 Å². The van der Waals surface area contributed by atoms with Crippen molar-refractivity contribution in [2.75, 3.05) is 44.6 Å². The average molecular weight is 623 g/mol. The molecule has 11 nitrogen and oxygen atoms in total. The maximum absolute atomic E-state index is 14.1. The zero-order chi connectivity index (χ0) is 31.7. The van der Waals surface area contributed by atoms with Gasteiger partial charge in [-0.3, -0.25) is 14.7 Å². The van der Waals surface area contributed by atoms with Crippen LogP contribution in [0.4, 0.5) is 23.7 Å². The van der Waals surface area contributed by atoms with Gasteiger partial charge in [-0.2, -0.15) is 13.2 Å².